The van der Waals surface area contributed by atoms with Gasteiger partial charge in [-0.05, 0) is 7.05 Å². The van der Waals surface area contributed by atoms with E-state index in [1.807, 2.05) is 23.5 Å². The number of aromatic nitrogens is 4. The molecule has 0 saturated heterocycles. The van der Waals surface area contributed by atoms with Crippen LogP contribution in [0.5, 0.6) is 0 Å². The van der Waals surface area contributed by atoms with E-state index in [-0.39, 0.29) is 6.03 Å². The number of urea groups is 1. The van der Waals surface area contributed by atoms with Crippen molar-refractivity contribution in [1.82, 2.24) is 34.2 Å². The summed E-state index contributed by atoms with van der Waals surface area (Å²) in [6.07, 6.45) is 7.96. The van der Waals surface area contributed by atoms with Crippen molar-refractivity contribution in [2.75, 3.05) is 34.2 Å². The van der Waals surface area contributed by atoms with Crippen LogP contribution in [0.4, 0.5) is 4.79 Å². The van der Waals surface area contributed by atoms with E-state index in [4.69, 9.17) is 0 Å². The molecule has 0 atom stereocenters. The molecule has 0 fully saturated rings. The van der Waals surface area contributed by atoms with Gasteiger partial charge < -0.3 is 14.4 Å². The smallest absolute Gasteiger partial charge is 0.319 e. The fraction of sp³-hybridized carbons (Fsp3) is 0.529. The van der Waals surface area contributed by atoms with Gasteiger partial charge in [0.15, 0.2) is 0 Å². The first-order valence-electron chi connectivity index (χ1n) is 8.46. The topological polar surface area (TPSA) is 70.4 Å². The third-order valence-electron chi connectivity index (χ3n) is 4.37. The second-order valence-corrected chi connectivity index (χ2v) is 6.65. The van der Waals surface area contributed by atoms with Gasteiger partial charge in [-0.25, -0.2) is 19.7 Å². The molecule has 8 nitrogen and oxygen atoms in total. The Morgan fingerprint density at radius 2 is 1.84 bits per heavy atom. The normalized spacial score (nSPS) is 14.3. The quantitative estimate of drug-likeness (QED) is 0.823. The highest BCUT2D eigenvalue weighted by molar-refractivity contribution is 5.73. The highest BCUT2D eigenvalue weighted by atomic mass is 16.2. The van der Waals surface area contributed by atoms with Gasteiger partial charge in [0, 0.05) is 77.4 Å². The fourth-order valence-corrected chi connectivity index (χ4v) is 3.15. The minimum absolute atomic E-state index is 0.0634. The lowest BCUT2D eigenvalue weighted by Crippen LogP contribution is -2.40. The fourth-order valence-electron chi connectivity index (χ4n) is 3.15. The standard InChI is InChI=1S/C17H25N7O/c1-21(2)17(25)23-5-4-16-20-10-15(24(16)7-6-23)12-22(3)11-14-8-18-13-19-9-14/h8-10,13H,4-7,11-12H2,1-3H3. The summed E-state index contributed by atoms with van der Waals surface area (Å²) in [5.41, 5.74) is 2.26. The van der Waals surface area contributed by atoms with Crippen LogP contribution in [-0.2, 0) is 26.1 Å². The van der Waals surface area contributed by atoms with Gasteiger partial charge in [0.1, 0.15) is 12.2 Å². The summed E-state index contributed by atoms with van der Waals surface area (Å²) in [5, 5.41) is 0. The van der Waals surface area contributed by atoms with Crippen molar-refractivity contribution in [2.24, 2.45) is 0 Å². The molecular weight excluding hydrogens is 318 g/mol. The zero-order chi connectivity index (χ0) is 17.8. The van der Waals surface area contributed by atoms with E-state index in [2.05, 4.69) is 31.5 Å². The summed E-state index contributed by atoms with van der Waals surface area (Å²) >= 11 is 0. The Hall–Kier alpha value is -2.48. The summed E-state index contributed by atoms with van der Waals surface area (Å²) in [5.74, 6) is 1.06. The summed E-state index contributed by atoms with van der Waals surface area (Å²) in [7, 11) is 5.66. The third kappa shape index (κ3) is 4.14. The van der Waals surface area contributed by atoms with Crippen molar-refractivity contribution in [3.63, 3.8) is 0 Å². The summed E-state index contributed by atoms with van der Waals surface area (Å²) in [6, 6.07) is 0.0634. The number of fused-ring (bicyclic) bond motifs is 1. The highest BCUT2D eigenvalue weighted by Crippen LogP contribution is 2.14. The molecule has 0 spiro atoms. The molecule has 3 heterocycles. The molecular formula is C17H25N7O. The van der Waals surface area contributed by atoms with E-state index in [0.717, 1.165) is 37.4 Å². The van der Waals surface area contributed by atoms with Crippen LogP contribution < -0.4 is 0 Å². The van der Waals surface area contributed by atoms with Crippen molar-refractivity contribution in [1.29, 1.82) is 0 Å². The van der Waals surface area contributed by atoms with Crippen molar-refractivity contribution >= 4 is 6.03 Å². The van der Waals surface area contributed by atoms with E-state index < -0.39 is 0 Å². The molecule has 3 rings (SSSR count). The predicted molar refractivity (Wildman–Crippen MR) is 93.8 cm³/mol. The maximum absolute atomic E-state index is 12.2. The third-order valence-corrected chi connectivity index (χ3v) is 4.37. The van der Waals surface area contributed by atoms with Gasteiger partial charge in [-0.2, -0.15) is 0 Å². The van der Waals surface area contributed by atoms with Crippen LogP contribution in [0.3, 0.4) is 0 Å². The summed E-state index contributed by atoms with van der Waals surface area (Å²) in [6.45, 7) is 3.79. The van der Waals surface area contributed by atoms with Crippen LogP contribution in [0.25, 0.3) is 0 Å². The van der Waals surface area contributed by atoms with Gasteiger partial charge in [0.05, 0.1) is 5.69 Å². The molecule has 2 aromatic rings. The lowest BCUT2D eigenvalue weighted by atomic mass is 10.3. The van der Waals surface area contributed by atoms with Crippen LogP contribution in [-0.4, -0.2) is 74.5 Å². The monoisotopic (exact) mass is 343 g/mol. The minimum atomic E-state index is 0.0634. The zero-order valence-electron chi connectivity index (χ0n) is 15.1. The second-order valence-electron chi connectivity index (χ2n) is 6.65. The van der Waals surface area contributed by atoms with Gasteiger partial charge >= 0.3 is 6.03 Å². The Morgan fingerprint density at radius 3 is 2.56 bits per heavy atom. The first-order chi connectivity index (χ1) is 12.0. The molecule has 8 heteroatoms. The lowest BCUT2D eigenvalue weighted by Gasteiger charge is -2.24. The minimum Gasteiger partial charge on any atom is -0.331 e. The molecule has 0 unspecified atom stereocenters. The molecule has 1 aliphatic rings. The van der Waals surface area contributed by atoms with Crippen LogP contribution >= 0.6 is 0 Å². The molecule has 134 valence electrons. The van der Waals surface area contributed by atoms with E-state index in [0.29, 0.717) is 13.1 Å². The number of amides is 2. The first kappa shape index (κ1) is 17.3. The molecule has 2 aromatic heterocycles. The van der Waals surface area contributed by atoms with Gasteiger partial charge in [-0.3, -0.25) is 4.90 Å². The van der Waals surface area contributed by atoms with Crippen LogP contribution in [0.15, 0.2) is 24.9 Å². The lowest BCUT2D eigenvalue weighted by molar-refractivity contribution is 0.172. The molecule has 0 saturated carbocycles. The Kier molecular flexibility index (Phi) is 5.28. The molecule has 0 radical (unpaired) electrons. The Balaban J connectivity index is 1.65. The average molecular weight is 343 g/mol. The molecule has 0 aliphatic carbocycles. The molecule has 0 bridgehead atoms. The molecule has 0 aromatic carbocycles. The predicted octanol–water partition coefficient (Wildman–Crippen LogP) is 0.845. The largest absolute Gasteiger partial charge is 0.331 e. The number of hydrogen-bond donors (Lipinski definition) is 0. The molecule has 0 N–H and O–H groups in total. The van der Waals surface area contributed by atoms with Crippen LogP contribution in [0, 0.1) is 0 Å². The second kappa shape index (κ2) is 7.60. The van der Waals surface area contributed by atoms with Crippen molar-refractivity contribution in [3.8, 4) is 0 Å². The first-order valence-corrected chi connectivity index (χ1v) is 8.46. The van der Waals surface area contributed by atoms with Crippen molar-refractivity contribution in [2.45, 2.75) is 26.1 Å². The van der Waals surface area contributed by atoms with E-state index in [1.54, 1.807) is 25.3 Å². The van der Waals surface area contributed by atoms with Crippen LogP contribution in [0.2, 0.25) is 0 Å². The average Bonchev–Trinajstić information content (AvgIpc) is 2.84. The van der Waals surface area contributed by atoms with Gasteiger partial charge in [0.25, 0.3) is 0 Å². The van der Waals surface area contributed by atoms with Gasteiger partial charge in [-0.1, -0.05) is 0 Å². The van der Waals surface area contributed by atoms with Crippen molar-refractivity contribution < 1.29 is 4.79 Å². The number of imidazole rings is 1. The number of hydrogen-bond acceptors (Lipinski definition) is 5. The van der Waals surface area contributed by atoms with Gasteiger partial charge in [0.2, 0.25) is 0 Å². The Labute approximate surface area is 148 Å². The molecule has 25 heavy (non-hydrogen) atoms. The number of carbonyl (C=O) groups excluding carboxylic acids is 1. The van der Waals surface area contributed by atoms with E-state index >= 15 is 0 Å². The Bertz CT molecular complexity index is 713. The maximum Gasteiger partial charge on any atom is 0.319 e. The van der Waals surface area contributed by atoms with Crippen molar-refractivity contribution in [3.05, 3.63) is 42.0 Å². The highest BCUT2D eigenvalue weighted by Gasteiger charge is 2.22. The summed E-state index contributed by atoms with van der Waals surface area (Å²) in [4.78, 5) is 30.6. The Morgan fingerprint density at radius 1 is 1.08 bits per heavy atom. The molecule has 1 aliphatic heterocycles. The number of rotatable bonds is 4. The summed E-state index contributed by atoms with van der Waals surface area (Å²) < 4.78 is 2.25. The zero-order valence-corrected chi connectivity index (χ0v) is 15.1. The van der Waals surface area contributed by atoms with E-state index in [9.17, 15) is 4.79 Å². The van der Waals surface area contributed by atoms with Gasteiger partial charge in [-0.15, -0.1) is 0 Å². The van der Waals surface area contributed by atoms with E-state index in [1.165, 1.54) is 5.69 Å². The maximum atomic E-state index is 12.2. The number of nitrogens with zero attached hydrogens (tertiary/aromatic N) is 7. The van der Waals surface area contributed by atoms with Crippen LogP contribution in [0.1, 0.15) is 17.1 Å². The number of carbonyl (C=O) groups is 1. The SMILES string of the molecule is CN(Cc1cncnc1)Cc1cnc2n1CCN(C(=O)N(C)C)CC2. The molecule has 2 amide bonds.